The van der Waals surface area contributed by atoms with Crippen molar-refractivity contribution in [2.24, 2.45) is 5.92 Å². The van der Waals surface area contributed by atoms with Crippen molar-refractivity contribution >= 4 is 5.97 Å². The second-order valence-corrected chi connectivity index (χ2v) is 4.14. The number of hydrogen-bond acceptors (Lipinski definition) is 1. The lowest BCUT2D eigenvalue weighted by molar-refractivity contribution is -0.136. The molecule has 1 unspecified atom stereocenters. The first-order valence-corrected chi connectivity index (χ1v) is 5.08. The van der Waals surface area contributed by atoms with Gasteiger partial charge in [-0.05, 0) is 33.1 Å². The van der Waals surface area contributed by atoms with Crippen LogP contribution in [0.15, 0.2) is 23.3 Å². The second kappa shape index (κ2) is 4.45. The molecule has 0 aliphatic heterocycles. The Labute approximate surface area is 85.3 Å². The van der Waals surface area contributed by atoms with Crippen molar-refractivity contribution in [1.29, 1.82) is 0 Å². The van der Waals surface area contributed by atoms with E-state index < -0.39 is 5.97 Å². The van der Waals surface area contributed by atoms with Crippen LogP contribution in [-0.2, 0) is 4.79 Å². The number of aliphatic carboxylic acids is 1. The number of hydrogen-bond donors (Lipinski definition) is 1. The molecule has 0 saturated carbocycles. The van der Waals surface area contributed by atoms with Crippen molar-refractivity contribution in [3.63, 3.8) is 0 Å². The lowest BCUT2D eigenvalue weighted by atomic mass is 9.91. The van der Waals surface area contributed by atoms with E-state index in [0.29, 0.717) is 12.3 Å². The van der Waals surface area contributed by atoms with Gasteiger partial charge < -0.3 is 5.11 Å². The molecule has 0 radical (unpaired) electrons. The van der Waals surface area contributed by atoms with Gasteiger partial charge in [0.05, 0.1) is 0 Å². The Kier molecular flexibility index (Phi) is 3.50. The van der Waals surface area contributed by atoms with Gasteiger partial charge in [0.1, 0.15) is 0 Å². The van der Waals surface area contributed by atoms with E-state index in [0.717, 1.165) is 12.8 Å². The van der Waals surface area contributed by atoms with Crippen molar-refractivity contribution in [2.45, 2.75) is 39.5 Å². The van der Waals surface area contributed by atoms with Crippen molar-refractivity contribution in [3.05, 3.63) is 23.3 Å². The fraction of sp³-hybridized carbons (Fsp3) is 0.583. The summed E-state index contributed by atoms with van der Waals surface area (Å²) in [6, 6.07) is 0. The summed E-state index contributed by atoms with van der Waals surface area (Å²) in [6.45, 7) is 8.11. The van der Waals surface area contributed by atoms with E-state index in [1.807, 2.05) is 6.92 Å². The number of carbonyl (C=O) groups is 1. The van der Waals surface area contributed by atoms with Crippen LogP contribution in [0.25, 0.3) is 0 Å². The summed E-state index contributed by atoms with van der Waals surface area (Å²) in [4.78, 5) is 10.5. The van der Waals surface area contributed by atoms with Crippen molar-refractivity contribution in [3.8, 4) is 0 Å². The highest BCUT2D eigenvalue weighted by molar-refractivity contribution is 5.67. The highest BCUT2D eigenvalue weighted by Crippen LogP contribution is 2.38. The molecule has 0 amide bonds. The Morgan fingerprint density at radius 3 is 2.79 bits per heavy atom. The Morgan fingerprint density at radius 1 is 1.64 bits per heavy atom. The van der Waals surface area contributed by atoms with Gasteiger partial charge in [0.25, 0.3) is 0 Å². The highest BCUT2D eigenvalue weighted by atomic mass is 16.4. The minimum atomic E-state index is -0.710. The lowest BCUT2D eigenvalue weighted by Gasteiger charge is -2.14. The molecule has 0 bridgehead atoms. The minimum absolute atomic E-state index is 0.246. The highest BCUT2D eigenvalue weighted by Gasteiger charge is 2.23. The van der Waals surface area contributed by atoms with Gasteiger partial charge in [-0.25, -0.2) is 0 Å². The SMILES string of the molecule is C=C(C)C1CCC(C)=C1CCC(=O)O. The van der Waals surface area contributed by atoms with Gasteiger partial charge in [0, 0.05) is 12.3 Å². The van der Waals surface area contributed by atoms with Crippen LogP contribution in [0.2, 0.25) is 0 Å². The van der Waals surface area contributed by atoms with Gasteiger partial charge in [0.2, 0.25) is 0 Å². The standard InChI is InChI=1S/C12H18O2/c1-8(2)10-5-4-9(3)11(10)6-7-12(13)14/h10H,1,4-7H2,2-3H3,(H,13,14). The van der Waals surface area contributed by atoms with E-state index >= 15 is 0 Å². The molecule has 0 fully saturated rings. The average molecular weight is 194 g/mol. The summed E-state index contributed by atoms with van der Waals surface area (Å²) in [5.74, 6) is -0.271. The smallest absolute Gasteiger partial charge is 0.303 e. The van der Waals surface area contributed by atoms with Crippen molar-refractivity contribution in [1.82, 2.24) is 0 Å². The maximum atomic E-state index is 10.5. The zero-order valence-corrected chi connectivity index (χ0v) is 8.97. The average Bonchev–Trinajstić information content (AvgIpc) is 2.43. The van der Waals surface area contributed by atoms with Crippen LogP contribution in [0.1, 0.15) is 39.5 Å². The number of allylic oxidation sites excluding steroid dienone is 3. The van der Waals surface area contributed by atoms with Gasteiger partial charge >= 0.3 is 5.97 Å². The Balaban J connectivity index is 2.67. The summed E-state index contributed by atoms with van der Waals surface area (Å²) in [5.41, 5.74) is 3.86. The normalized spacial score (nSPS) is 21.4. The maximum Gasteiger partial charge on any atom is 0.303 e. The summed E-state index contributed by atoms with van der Waals surface area (Å²) in [6.07, 6.45) is 3.16. The fourth-order valence-corrected chi connectivity index (χ4v) is 2.17. The monoisotopic (exact) mass is 194 g/mol. The third-order valence-corrected chi connectivity index (χ3v) is 2.98. The molecule has 0 heterocycles. The number of rotatable bonds is 4. The molecular formula is C12H18O2. The van der Waals surface area contributed by atoms with Crippen LogP contribution >= 0.6 is 0 Å². The number of carboxylic acid groups (broad SMARTS) is 1. The van der Waals surface area contributed by atoms with E-state index in [-0.39, 0.29) is 6.42 Å². The van der Waals surface area contributed by atoms with E-state index in [1.165, 1.54) is 16.7 Å². The Hall–Kier alpha value is -1.05. The molecule has 2 heteroatoms. The zero-order valence-electron chi connectivity index (χ0n) is 8.97. The molecule has 1 atom stereocenters. The van der Waals surface area contributed by atoms with Gasteiger partial charge in [-0.2, -0.15) is 0 Å². The van der Waals surface area contributed by atoms with Crippen LogP contribution in [0.4, 0.5) is 0 Å². The van der Waals surface area contributed by atoms with Gasteiger partial charge in [-0.3, -0.25) is 4.79 Å². The zero-order chi connectivity index (χ0) is 10.7. The molecule has 0 aromatic heterocycles. The predicted octanol–water partition coefficient (Wildman–Crippen LogP) is 3.15. The van der Waals surface area contributed by atoms with Crippen LogP contribution in [0.5, 0.6) is 0 Å². The first-order chi connectivity index (χ1) is 6.52. The fourth-order valence-electron chi connectivity index (χ4n) is 2.17. The van der Waals surface area contributed by atoms with Crippen LogP contribution in [-0.4, -0.2) is 11.1 Å². The Bertz CT molecular complexity index is 287. The molecular weight excluding hydrogens is 176 g/mol. The third-order valence-electron chi connectivity index (χ3n) is 2.98. The quantitative estimate of drug-likeness (QED) is 0.698. The third kappa shape index (κ3) is 2.47. The van der Waals surface area contributed by atoms with E-state index in [9.17, 15) is 4.79 Å². The van der Waals surface area contributed by atoms with Crippen LogP contribution in [0.3, 0.4) is 0 Å². The molecule has 1 N–H and O–H groups in total. The summed E-state index contributed by atoms with van der Waals surface area (Å²) in [7, 11) is 0. The summed E-state index contributed by atoms with van der Waals surface area (Å²) < 4.78 is 0. The van der Waals surface area contributed by atoms with Crippen LogP contribution in [0, 0.1) is 5.92 Å². The molecule has 0 aromatic carbocycles. The summed E-state index contributed by atoms with van der Waals surface area (Å²) >= 11 is 0. The van der Waals surface area contributed by atoms with E-state index in [1.54, 1.807) is 0 Å². The molecule has 1 aliphatic carbocycles. The predicted molar refractivity (Wildman–Crippen MR) is 57.1 cm³/mol. The second-order valence-electron chi connectivity index (χ2n) is 4.14. The van der Waals surface area contributed by atoms with Gasteiger partial charge in [0.15, 0.2) is 0 Å². The maximum absolute atomic E-state index is 10.5. The Morgan fingerprint density at radius 2 is 2.29 bits per heavy atom. The molecule has 14 heavy (non-hydrogen) atoms. The molecule has 0 spiro atoms. The molecule has 1 rings (SSSR count). The first-order valence-electron chi connectivity index (χ1n) is 5.08. The lowest BCUT2D eigenvalue weighted by Crippen LogP contribution is -2.03. The van der Waals surface area contributed by atoms with Crippen molar-refractivity contribution in [2.75, 3.05) is 0 Å². The number of carboxylic acids is 1. The van der Waals surface area contributed by atoms with E-state index in [4.69, 9.17) is 5.11 Å². The topological polar surface area (TPSA) is 37.3 Å². The summed E-state index contributed by atoms with van der Waals surface area (Å²) in [5, 5.41) is 8.64. The molecule has 78 valence electrons. The van der Waals surface area contributed by atoms with Crippen molar-refractivity contribution < 1.29 is 9.90 Å². The molecule has 0 aromatic rings. The molecule has 2 nitrogen and oxygen atoms in total. The molecule has 0 saturated heterocycles. The first kappa shape index (κ1) is 11.0. The molecule has 1 aliphatic rings. The van der Waals surface area contributed by atoms with Crippen LogP contribution < -0.4 is 0 Å². The largest absolute Gasteiger partial charge is 0.481 e. The van der Waals surface area contributed by atoms with Gasteiger partial charge in [-0.1, -0.05) is 23.3 Å². The minimum Gasteiger partial charge on any atom is -0.481 e. The van der Waals surface area contributed by atoms with E-state index in [2.05, 4.69) is 13.5 Å². The van der Waals surface area contributed by atoms with Gasteiger partial charge in [-0.15, -0.1) is 0 Å².